The second-order valence-electron chi connectivity index (χ2n) is 13.0. The number of phenols is 1. The lowest BCUT2D eigenvalue weighted by Crippen LogP contribution is -2.42. The Morgan fingerprint density at radius 1 is 0.604 bits per heavy atom. The first-order chi connectivity index (χ1) is 23.5. The van der Waals surface area contributed by atoms with Crippen LogP contribution in [0.3, 0.4) is 0 Å². The van der Waals surface area contributed by atoms with Gasteiger partial charge in [-0.15, -0.1) is 0 Å². The molecule has 4 nitrogen and oxygen atoms in total. The minimum Gasteiger partial charge on any atom is -0.513 e. The Hall–Kier alpha value is -6.13. The molecule has 6 aromatic carbocycles. The summed E-state index contributed by atoms with van der Waals surface area (Å²) in [7, 11) is 0. The quantitative estimate of drug-likeness (QED) is 0.158. The van der Waals surface area contributed by atoms with Crippen LogP contribution in [-0.2, 0) is 0 Å². The largest absolute Gasteiger partial charge is 0.513 e. The molecule has 0 fully saturated rings. The highest BCUT2D eigenvalue weighted by atomic mass is 16.3. The van der Waals surface area contributed by atoms with Crippen LogP contribution < -0.4 is 4.90 Å². The van der Waals surface area contributed by atoms with Gasteiger partial charge in [0.15, 0.2) is 0 Å². The molecule has 1 N–H and O–H groups in total. The molecule has 9 rings (SSSR count). The van der Waals surface area contributed by atoms with Crippen molar-refractivity contribution < 1.29 is 9.68 Å². The highest BCUT2D eigenvalue weighted by molar-refractivity contribution is 6.08. The molecule has 0 bridgehead atoms. The third kappa shape index (κ3) is 4.34. The van der Waals surface area contributed by atoms with E-state index in [1.54, 1.807) is 6.07 Å². The summed E-state index contributed by atoms with van der Waals surface area (Å²) < 4.78 is 4.35. The third-order valence-corrected chi connectivity index (χ3v) is 9.64. The Kier molecular flexibility index (Phi) is 6.28. The van der Waals surface area contributed by atoms with E-state index in [2.05, 4.69) is 168 Å². The normalized spacial score (nSPS) is 14.5. The fourth-order valence-corrected chi connectivity index (χ4v) is 7.36. The number of para-hydroxylation sites is 3. The summed E-state index contributed by atoms with van der Waals surface area (Å²) in [6, 6.07) is 50.8. The van der Waals surface area contributed by atoms with Gasteiger partial charge >= 0.3 is 0 Å². The molecule has 2 aliphatic heterocycles. The van der Waals surface area contributed by atoms with Gasteiger partial charge < -0.3 is 14.6 Å². The van der Waals surface area contributed by atoms with E-state index < -0.39 is 5.54 Å². The fourth-order valence-electron chi connectivity index (χ4n) is 7.36. The predicted octanol–water partition coefficient (Wildman–Crippen LogP) is 10.5. The molecular weight excluding hydrogens is 587 g/mol. The fraction of sp³-hybridized carbons (Fsp3) is 0.0682. The first kappa shape index (κ1) is 28.1. The molecule has 230 valence electrons. The van der Waals surface area contributed by atoms with Crippen LogP contribution in [0.1, 0.15) is 19.4 Å². The van der Waals surface area contributed by atoms with E-state index in [1.165, 1.54) is 27.6 Å². The van der Waals surface area contributed by atoms with Crippen LogP contribution in [0, 0.1) is 0 Å². The van der Waals surface area contributed by atoms with Crippen LogP contribution >= 0.6 is 0 Å². The van der Waals surface area contributed by atoms with Crippen LogP contribution in [0.25, 0.3) is 55.7 Å². The van der Waals surface area contributed by atoms with E-state index in [1.807, 2.05) is 18.2 Å². The molecule has 0 spiro atoms. The Morgan fingerprint density at radius 3 is 2.00 bits per heavy atom. The molecule has 0 aliphatic carbocycles. The lowest BCUT2D eigenvalue weighted by molar-refractivity contribution is -0.507. The van der Waals surface area contributed by atoms with Crippen LogP contribution in [0.15, 0.2) is 158 Å². The highest BCUT2D eigenvalue weighted by Crippen LogP contribution is 2.48. The number of aromatic nitrogens is 1. The van der Waals surface area contributed by atoms with Gasteiger partial charge in [-0.2, -0.15) is 0 Å². The smallest absolute Gasteiger partial charge is 0.246 e. The van der Waals surface area contributed by atoms with Crippen molar-refractivity contribution >= 4 is 34.3 Å². The number of nitrogens with zero attached hydrogens (tertiary/aromatic N) is 3. The number of phenolic OH excluding ortho intramolecular Hbond substituents is 1. The Balaban J connectivity index is 1.34. The predicted molar refractivity (Wildman–Crippen MR) is 197 cm³/mol. The zero-order valence-corrected chi connectivity index (χ0v) is 26.8. The summed E-state index contributed by atoms with van der Waals surface area (Å²) in [5.41, 5.74) is 12.6. The van der Waals surface area contributed by atoms with Gasteiger partial charge in [-0.05, 0) is 77.6 Å². The van der Waals surface area contributed by atoms with E-state index in [9.17, 15) is 5.11 Å². The Labute approximate surface area is 280 Å². The van der Waals surface area contributed by atoms with E-state index >= 15 is 0 Å². The van der Waals surface area contributed by atoms with Crippen LogP contribution in [-0.4, -0.2) is 26.1 Å². The molecule has 0 radical (unpaired) electrons. The van der Waals surface area contributed by atoms with Gasteiger partial charge in [0.1, 0.15) is 11.3 Å². The van der Waals surface area contributed by atoms with Crippen molar-refractivity contribution in [1.82, 2.24) is 4.57 Å². The maximum Gasteiger partial charge on any atom is 0.246 e. The molecule has 0 saturated carbocycles. The van der Waals surface area contributed by atoms with Crippen molar-refractivity contribution in [2.45, 2.75) is 19.4 Å². The number of hydrogen-bond acceptors (Lipinski definition) is 2. The second-order valence-corrected chi connectivity index (χ2v) is 13.0. The average Bonchev–Trinajstić information content (AvgIpc) is 3.51. The van der Waals surface area contributed by atoms with Crippen molar-refractivity contribution in [3.8, 4) is 44.8 Å². The maximum absolute atomic E-state index is 11.0. The summed E-state index contributed by atoms with van der Waals surface area (Å²) in [4.78, 5) is 2.19. The molecule has 48 heavy (non-hydrogen) atoms. The SMILES string of the molecule is CC1(C)C=C2c3ccccc3-c3ccccc3-c3ccc(-n4cc(-c5ccccc5)c5ccccc54)cc3N2[C-]=[N+]1c1ccccc1O. The number of anilines is 1. The molecule has 1 aromatic heterocycles. The van der Waals surface area contributed by atoms with Gasteiger partial charge in [-0.25, -0.2) is 0 Å². The molecule has 0 amide bonds. The van der Waals surface area contributed by atoms with Crippen LogP contribution in [0.4, 0.5) is 11.4 Å². The van der Waals surface area contributed by atoms with Gasteiger partial charge in [0.25, 0.3) is 0 Å². The van der Waals surface area contributed by atoms with Crippen molar-refractivity contribution in [3.63, 3.8) is 0 Å². The summed E-state index contributed by atoms with van der Waals surface area (Å²) in [5.74, 6) is 0.217. The number of benzene rings is 6. The van der Waals surface area contributed by atoms with Crippen molar-refractivity contribution in [3.05, 3.63) is 163 Å². The molecule has 7 aromatic rings. The third-order valence-electron chi connectivity index (χ3n) is 9.64. The van der Waals surface area contributed by atoms with E-state index in [-0.39, 0.29) is 5.75 Å². The Morgan fingerprint density at radius 2 is 1.23 bits per heavy atom. The number of aromatic hydroxyl groups is 1. The minimum atomic E-state index is -0.491. The van der Waals surface area contributed by atoms with Crippen LogP contribution in [0.2, 0.25) is 0 Å². The maximum atomic E-state index is 11.0. The summed E-state index contributed by atoms with van der Waals surface area (Å²) in [5, 5.41) is 12.2. The lowest BCUT2D eigenvalue weighted by Gasteiger charge is -2.39. The minimum absolute atomic E-state index is 0.217. The monoisotopic (exact) mass is 619 g/mol. The van der Waals surface area contributed by atoms with E-state index in [4.69, 9.17) is 0 Å². The van der Waals surface area contributed by atoms with E-state index in [0.717, 1.165) is 39.3 Å². The molecule has 2 aliphatic rings. The van der Waals surface area contributed by atoms with Crippen molar-refractivity contribution in [1.29, 1.82) is 0 Å². The first-order valence-corrected chi connectivity index (χ1v) is 16.3. The molecule has 3 heterocycles. The summed E-state index contributed by atoms with van der Waals surface area (Å²) in [6.45, 7) is 4.33. The summed E-state index contributed by atoms with van der Waals surface area (Å²) >= 11 is 0. The van der Waals surface area contributed by atoms with Gasteiger partial charge in [0, 0.05) is 22.8 Å². The number of hydrogen-bond donors (Lipinski definition) is 1. The first-order valence-electron chi connectivity index (χ1n) is 16.3. The van der Waals surface area contributed by atoms with Gasteiger partial charge in [0.05, 0.1) is 22.6 Å². The van der Waals surface area contributed by atoms with Gasteiger partial charge in [0.2, 0.25) is 6.34 Å². The van der Waals surface area contributed by atoms with E-state index in [0.29, 0.717) is 5.69 Å². The molecular formula is C44H33N3O. The standard InChI is InChI=1S/C44H33N3O/c1-44(2)27-42-35-19-9-8-17-33(35)32-16-6-7-18-34(32)37-25-24-31(26-41(37)46(42)29-47(44)40-22-12-13-23-43(40)48)45-28-38(30-14-4-3-5-15-30)36-20-10-11-21-39(36)45/h3-28,48H,1-2H3. The van der Waals surface area contributed by atoms with Gasteiger partial charge in [-0.3, -0.25) is 4.58 Å². The second kappa shape index (κ2) is 10.7. The lowest BCUT2D eigenvalue weighted by atomic mass is 9.85. The number of fused-ring (bicyclic) bond motifs is 9. The molecule has 4 heteroatoms. The highest BCUT2D eigenvalue weighted by Gasteiger charge is 2.35. The van der Waals surface area contributed by atoms with Crippen molar-refractivity contribution in [2.24, 2.45) is 0 Å². The Bertz CT molecular complexity index is 2450. The molecule has 0 saturated heterocycles. The van der Waals surface area contributed by atoms with Crippen molar-refractivity contribution in [2.75, 3.05) is 4.90 Å². The molecule has 0 atom stereocenters. The molecule has 0 unspecified atom stereocenters. The topological polar surface area (TPSA) is 31.4 Å². The zero-order valence-electron chi connectivity index (χ0n) is 26.8. The zero-order chi connectivity index (χ0) is 32.4. The summed E-state index contributed by atoms with van der Waals surface area (Å²) in [6.07, 6.45) is 8.33. The average molecular weight is 620 g/mol. The van der Waals surface area contributed by atoms with Crippen LogP contribution in [0.5, 0.6) is 5.75 Å². The number of rotatable bonds is 3. The van der Waals surface area contributed by atoms with Gasteiger partial charge in [-0.1, -0.05) is 121 Å².